The van der Waals surface area contributed by atoms with Crippen molar-refractivity contribution in [2.75, 3.05) is 23.7 Å². The number of carbonyl (C=O) groups is 1. The third-order valence-electron chi connectivity index (χ3n) is 4.69. The van der Waals surface area contributed by atoms with Crippen molar-refractivity contribution in [2.24, 2.45) is 0 Å². The fourth-order valence-corrected chi connectivity index (χ4v) is 3.37. The molecule has 1 aliphatic heterocycles. The van der Waals surface area contributed by atoms with Crippen molar-refractivity contribution in [1.82, 2.24) is 5.32 Å². The Kier molecular flexibility index (Phi) is 5.59. The Morgan fingerprint density at radius 3 is 2.37 bits per heavy atom. The molecule has 0 aromatic heterocycles. The van der Waals surface area contributed by atoms with Crippen LogP contribution < -0.4 is 16.0 Å². The minimum Gasteiger partial charge on any atom is -0.444 e. The molecule has 0 saturated carbocycles. The Labute approximate surface area is 161 Å². The molecule has 2 aromatic carbocycles. The van der Waals surface area contributed by atoms with Gasteiger partial charge in [-0.25, -0.2) is 4.79 Å². The van der Waals surface area contributed by atoms with E-state index < -0.39 is 5.60 Å². The molecule has 0 radical (unpaired) electrons. The average Bonchev–Trinajstić information content (AvgIpc) is 2.62. The van der Waals surface area contributed by atoms with Crippen molar-refractivity contribution in [3.63, 3.8) is 0 Å². The van der Waals surface area contributed by atoms with E-state index in [2.05, 4.69) is 34.5 Å². The molecular formula is C22H29N3O2. The number of anilines is 2. The normalized spacial score (nSPS) is 15.4. The van der Waals surface area contributed by atoms with Crippen molar-refractivity contribution in [3.05, 3.63) is 48.5 Å². The fourth-order valence-electron chi connectivity index (χ4n) is 3.37. The molecule has 0 unspecified atom stereocenters. The second-order valence-corrected chi connectivity index (χ2v) is 8.05. The number of alkyl carbamates (subject to hydrolysis) is 1. The first-order valence-corrected chi connectivity index (χ1v) is 9.51. The topological polar surface area (TPSA) is 67.6 Å². The Morgan fingerprint density at radius 2 is 1.74 bits per heavy atom. The number of piperidine rings is 1. The van der Waals surface area contributed by atoms with Crippen LogP contribution in [0.1, 0.15) is 33.6 Å². The van der Waals surface area contributed by atoms with Crippen molar-refractivity contribution in [3.8, 4) is 11.1 Å². The van der Waals surface area contributed by atoms with Crippen LogP contribution in [0.5, 0.6) is 0 Å². The van der Waals surface area contributed by atoms with Crippen LogP contribution in [0.25, 0.3) is 11.1 Å². The monoisotopic (exact) mass is 367 g/mol. The number of carbonyl (C=O) groups excluding carboxylic acids is 1. The van der Waals surface area contributed by atoms with Gasteiger partial charge in [-0.2, -0.15) is 0 Å². The number of nitrogens with two attached hydrogens (primary N) is 1. The van der Waals surface area contributed by atoms with Gasteiger partial charge in [-0.15, -0.1) is 0 Å². The highest BCUT2D eigenvalue weighted by molar-refractivity contribution is 5.77. The van der Waals surface area contributed by atoms with E-state index in [9.17, 15) is 4.79 Å². The van der Waals surface area contributed by atoms with Gasteiger partial charge in [0.1, 0.15) is 5.60 Å². The van der Waals surface area contributed by atoms with Crippen LogP contribution in [0.15, 0.2) is 48.5 Å². The molecule has 27 heavy (non-hydrogen) atoms. The number of hydrogen-bond acceptors (Lipinski definition) is 4. The lowest BCUT2D eigenvalue weighted by Gasteiger charge is -2.35. The largest absolute Gasteiger partial charge is 0.444 e. The summed E-state index contributed by atoms with van der Waals surface area (Å²) in [4.78, 5) is 14.3. The Balaban J connectivity index is 1.63. The van der Waals surface area contributed by atoms with E-state index in [1.165, 1.54) is 5.56 Å². The fraction of sp³-hybridized carbons (Fsp3) is 0.409. The number of amides is 1. The number of nitrogens with zero attached hydrogens (tertiary/aromatic N) is 1. The van der Waals surface area contributed by atoms with E-state index in [4.69, 9.17) is 10.5 Å². The maximum absolute atomic E-state index is 12.0. The van der Waals surface area contributed by atoms with E-state index in [0.717, 1.165) is 42.9 Å². The standard InChI is InChI=1S/C22H29N3O2/c1-22(2,3)27-21(26)24-18-11-13-25(14-12-18)20-15-17(9-10-19(20)23)16-7-5-4-6-8-16/h4-10,15,18H,11-14,23H2,1-3H3,(H,24,26). The van der Waals surface area contributed by atoms with Crippen molar-refractivity contribution < 1.29 is 9.53 Å². The summed E-state index contributed by atoms with van der Waals surface area (Å²) in [6, 6.07) is 16.6. The van der Waals surface area contributed by atoms with Gasteiger partial charge in [-0.05, 0) is 56.9 Å². The molecule has 0 aliphatic carbocycles. The summed E-state index contributed by atoms with van der Waals surface area (Å²) in [5, 5.41) is 2.98. The minimum absolute atomic E-state index is 0.134. The van der Waals surface area contributed by atoms with E-state index in [-0.39, 0.29) is 12.1 Å². The van der Waals surface area contributed by atoms with E-state index in [1.54, 1.807) is 0 Å². The average molecular weight is 367 g/mol. The zero-order valence-corrected chi connectivity index (χ0v) is 16.4. The summed E-state index contributed by atoms with van der Waals surface area (Å²) in [5.74, 6) is 0. The van der Waals surface area contributed by atoms with Crippen LogP contribution in [-0.2, 0) is 4.74 Å². The summed E-state index contributed by atoms with van der Waals surface area (Å²) in [6.45, 7) is 7.32. The minimum atomic E-state index is -0.475. The molecular weight excluding hydrogens is 338 g/mol. The molecule has 144 valence electrons. The molecule has 1 aliphatic rings. The lowest BCUT2D eigenvalue weighted by molar-refractivity contribution is 0.0497. The molecule has 0 atom stereocenters. The van der Waals surface area contributed by atoms with Gasteiger partial charge in [0.05, 0.1) is 11.4 Å². The second kappa shape index (κ2) is 7.91. The first kappa shape index (κ1) is 19.1. The number of hydrogen-bond donors (Lipinski definition) is 2. The van der Waals surface area contributed by atoms with Crippen LogP contribution in [0.2, 0.25) is 0 Å². The van der Waals surface area contributed by atoms with E-state index in [1.807, 2.05) is 45.0 Å². The predicted octanol–water partition coefficient (Wildman–Crippen LogP) is 4.43. The lowest BCUT2D eigenvalue weighted by atomic mass is 10.0. The zero-order valence-electron chi connectivity index (χ0n) is 16.4. The second-order valence-electron chi connectivity index (χ2n) is 8.05. The Hall–Kier alpha value is -2.69. The lowest BCUT2D eigenvalue weighted by Crippen LogP contribution is -2.46. The molecule has 5 nitrogen and oxygen atoms in total. The number of nitrogens with one attached hydrogen (secondary N) is 1. The molecule has 0 bridgehead atoms. The number of benzene rings is 2. The van der Waals surface area contributed by atoms with Gasteiger partial charge in [0.25, 0.3) is 0 Å². The molecule has 1 amide bonds. The smallest absolute Gasteiger partial charge is 0.407 e. The maximum atomic E-state index is 12.0. The quantitative estimate of drug-likeness (QED) is 0.788. The Bertz CT molecular complexity index is 776. The molecule has 1 saturated heterocycles. The highest BCUT2D eigenvalue weighted by Crippen LogP contribution is 2.31. The van der Waals surface area contributed by atoms with Gasteiger partial charge in [0.2, 0.25) is 0 Å². The van der Waals surface area contributed by atoms with Crippen LogP contribution in [-0.4, -0.2) is 30.8 Å². The van der Waals surface area contributed by atoms with Gasteiger partial charge in [-0.3, -0.25) is 0 Å². The van der Waals surface area contributed by atoms with Crippen LogP contribution >= 0.6 is 0 Å². The highest BCUT2D eigenvalue weighted by atomic mass is 16.6. The molecule has 1 heterocycles. The van der Waals surface area contributed by atoms with Gasteiger partial charge in [0.15, 0.2) is 0 Å². The summed E-state index contributed by atoms with van der Waals surface area (Å²) >= 11 is 0. The predicted molar refractivity (Wildman–Crippen MR) is 111 cm³/mol. The first-order chi connectivity index (χ1) is 12.8. The van der Waals surface area contributed by atoms with Gasteiger partial charge < -0.3 is 20.7 Å². The zero-order chi connectivity index (χ0) is 19.4. The van der Waals surface area contributed by atoms with Crippen molar-refractivity contribution in [1.29, 1.82) is 0 Å². The number of ether oxygens (including phenoxy) is 1. The van der Waals surface area contributed by atoms with E-state index >= 15 is 0 Å². The summed E-state index contributed by atoms with van der Waals surface area (Å²) in [5.41, 5.74) is 9.97. The maximum Gasteiger partial charge on any atom is 0.407 e. The van der Waals surface area contributed by atoms with Gasteiger partial charge in [0, 0.05) is 19.1 Å². The molecule has 3 N–H and O–H groups in total. The molecule has 1 fully saturated rings. The first-order valence-electron chi connectivity index (χ1n) is 9.51. The molecule has 5 heteroatoms. The Morgan fingerprint density at radius 1 is 1.07 bits per heavy atom. The van der Waals surface area contributed by atoms with Crippen LogP contribution in [0.4, 0.5) is 16.2 Å². The number of rotatable bonds is 3. The molecule has 0 spiro atoms. The summed E-state index contributed by atoms with van der Waals surface area (Å²) < 4.78 is 5.35. The SMILES string of the molecule is CC(C)(C)OC(=O)NC1CCN(c2cc(-c3ccccc3)ccc2N)CC1. The third kappa shape index (κ3) is 5.16. The molecule has 2 aromatic rings. The summed E-state index contributed by atoms with van der Waals surface area (Å²) in [7, 11) is 0. The van der Waals surface area contributed by atoms with Crippen molar-refractivity contribution in [2.45, 2.75) is 45.3 Å². The van der Waals surface area contributed by atoms with Crippen LogP contribution in [0, 0.1) is 0 Å². The van der Waals surface area contributed by atoms with Crippen molar-refractivity contribution >= 4 is 17.5 Å². The molecule has 3 rings (SSSR count). The third-order valence-corrected chi connectivity index (χ3v) is 4.69. The summed E-state index contributed by atoms with van der Waals surface area (Å²) in [6.07, 6.45) is 1.40. The highest BCUT2D eigenvalue weighted by Gasteiger charge is 2.24. The van der Waals surface area contributed by atoms with Gasteiger partial charge >= 0.3 is 6.09 Å². The van der Waals surface area contributed by atoms with Crippen LogP contribution in [0.3, 0.4) is 0 Å². The van der Waals surface area contributed by atoms with Gasteiger partial charge in [-0.1, -0.05) is 36.4 Å². The van der Waals surface area contributed by atoms with E-state index in [0.29, 0.717) is 0 Å². The number of nitrogen functional groups attached to an aromatic ring is 1.